The number of hydrogen-bond donors (Lipinski definition) is 5. The fraction of sp³-hybridized carbons (Fsp3) is 0.462. The maximum Gasteiger partial charge on any atom is 0.513 e. The summed E-state index contributed by atoms with van der Waals surface area (Å²) in [6, 6.07) is 12.5. The molecule has 7 rings (SSSR count). The molecule has 84 heavy (non-hydrogen) atoms. The Kier molecular flexibility index (Phi) is 23.2. The number of allylic oxidation sites excluding steroid dienone is 2. The van der Waals surface area contributed by atoms with Crippen LogP contribution >= 0.6 is 15.5 Å². The van der Waals surface area contributed by atoms with E-state index in [-0.39, 0.29) is 23.7 Å². The smallest absolute Gasteiger partial charge is 0.462 e. The van der Waals surface area contributed by atoms with E-state index in [0.29, 0.717) is 0 Å². The number of ketones is 2. The molecule has 2 saturated heterocycles. The summed E-state index contributed by atoms with van der Waals surface area (Å²) in [5.74, 6) is -17.3. The van der Waals surface area contributed by atoms with Gasteiger partial charge in [-0.3, -0.25) is 43.1 Å². The van der Waals surface area contributed by atoms with Crippen LogP contribution in [0.5, 0.6) is 17.2 Å². The first kappa shape index (κ1) is 68.2. The van der Waals surface area contributed by atoms with Gasteiger partial charge in [0.05, 0.1) is 38.3 Å². The van der Waals surface area contributed by atoms with Gasteiger partial charge in [0.1, 0.15) is 48.0 Å². The topological polar surface area (TPSA) is 302 Å². The van der Waals surface area contributed by atoms with Crippen LogP contribution in [0.3, 0.4) is 0 Å². The van der Waals surface area contributed by atoms with Crippen molar-refractivity contribution < 1.29 is 121 Å². The van der Waals surface area contributed by atoms with Crippen LogP contribution in [-0.4, -0.2) is 146 Å². The van der Waals surface area contributed by atoms with Crippen molar-refractivity contribution in [3.05, 3.63) is 114 Å². The minimum absolute atomic E-state index is 0.137. The van der Waals surface area contributed by atoms with Crippen molar-refractivity contribution in [2.75, 3.05) is 13.2 Å². The average Bonchev–Trinajstić information content (AvgIpc) is 2.01. The fourth-order valence-electron chi connectivity index (χ4n) is 7.83. The van der Waals surface area contributed by atoms with E-state index in [1.165, 1.54) is 64.1 Å². The number of rotatable bonds is 20. The second-order valence-corrected chi connectivity index (χ2v) is 23.0. The molecule has 462 valence electrons. The number of alkyl halides is 2. The third-order valence-corrected chi connectivity index (χ3v) is 15.3. The Hall–Kier alpha value is -6.59. The normalized spacial score (nSPS) is 26.1. The zero-order chi connectivity index (χ0) is 62.8. The monoisotopic (exact) mass is 1240 g/mol. The number of nitrogens with one attached hydrogen (secondary N) is 2. The van der Waals surface area contributed by atoms with Gasteiger partial charge in [0.25, 0.3) is 0 Å². The highest BCUT2D eigenvalue weighted by Gasteiger charge is 2.59. The van der Waals surface area contributed by atoms with E-state index in [4.69, 9.17) is 37.6 Å². The van der Waals surface area contributed by atoms with Crippen molar-refractivity contribution in [1.82, 2.24) is 20.0 Å². The molecule has 4 aliphatic heterocycles. The first-order chi connectivity index (χ1) is 39.1. The summed E-state index contributed by atoms with van der Waals surface area (Å²) in [7, 11) is -9.20. The molecule has 2 fully saturated rings. The number of halogens is 7. The molecular formula is C52H61F7N4O19P2. The lowest BCUT2D eigenvalue weighted by atomic mass is 9.97. The molecule has 23 nitrogen and oxygen atoms in total. The molecule has 0 unspecified atom stereocenters. The van der Waals surface area contributed by atoms with E-state index >= 15 is 4.39 Å². The molecule has 5 N–H and O–H groups in total. The zero-order valence-electron chi connectivity index (χ0n) is 46.0. The number of nitrogens with zero attached hydrogens (tertiary/aromatic N) is 2. The van der Waals surface area contributed by atoms with Crippen LogP contribution in [0.15, 0.2) is 85.2 Å². The molecule has 12 atom stereocenters. The zero-order valence-corrected chi connectivity index (χ0v) is 47.8. The summed E-state index contributed by atoms with van der Waals surface area (Å²) in [4.78, 5) is 72.5. The maximum atomic E-state index is 15.5. The summed E-state index contributed by atoms with van der Waals surface area (Å²) in [5, 5.41) is 33.8. The molecule has 0 aliphatic carbocycles. The highest BCUT2D eigenvalue weighted by atomic mass is 31.2. The van der Waals surface area contributed by atoms with E-state index in [0.717, 1.165) is 48.2 Å². The molecule has 32 heteroatoms. The highest BCUT2D eigenvalue weighted by molar-refractivity contribution is 7.52. The summed E-state index contributed by atoms with van der Waals surface area (Å²) in [6.07, 6.45) is -5.96. The number of benzene rings is 3. The van der Waals surface area contributed by atoms with Crippen LogP contribution in [0.25, 0.3) is 0 Å². The first-order valence-corrected chi connectivity index (χ1v) is 28.4. The maximum absolute atomic E-state index is 15.5. The standard InChI is InChI=1S/C23H30FN2O9P.C18H17F5NO5P.C11H14FNO5/c1-14(2)33-21(30)15(3)25-36(31,35-17-8-6-5-7-9-17)32-13-18-20(29)23(4,24)22(34-18)26-11-10-16(27)12-19(26)28;1-9(2)27-18(25)10(3)24-30(26,28-11-7-5-4-6-8-11)29-17-15(22)13(20)12(19)14(21)16(17)23;1-11(12)9(17)7(5-14)18-10(11)13-3-2-6(15)4-8(13)16/h5-11,14-15,18,20,22,29H,12-13H2,1-4H3,(H,25,31);4-10H,1-3H3,(H,24,26);2-3,7,9-10,14,17H,4-5H2,1H3/t15-,18+,20+,22+,23+,36-;10-,30+;7-,9-,10-,11-/m001/s1. The number of aliphatic hydroxyl groups excluding tert-OH is 3. The van der Waals surface area contributed by atoms with E-state index in [9.17, 15) is 74.5 Å². The molecule has 2 amide bonds. The predicted molar refractivity (Wildman–Crippen MR) is 276 cm³/mol. The van der Waals surface area contributed by atoms with Crippen LogP contribution in [0.2, 0.25) is 0 Å². The third-order valence-electron chi connectivity index (χ3n) is 12.0. The van der Waals surface area contributed by atoms with Crippen molar-refractivity contribution in [3.8, 4) is 17.2 Å². The van der Waals surface area contributed by atoms with Gasteiger partial charge in [-0.25, -0.2) is 31.1 Å². The van der Waals surface area contributed by atoms with Gasteiger partial charge >= 0.3 is 27.4 Å². The number of carbonyl (C=O) groups is 6. The SMILES string of the molecule is CC(C)OC(=O)[C@H](C)N[P@@](=O)(Oc1ccccc1)Oc1c(F)c(F)c(F)c(F)c1F.CC(C)OC(=O)[C@H](C)N[P@](=O)(OC[C@H]1O[C@@H](N2C=CC(=O)CC2=O)[C@](C)(F)[C@@H]1O)Oc1ccccc1.C[C@@]1(F)[C@H](O)[C@@H](CO)O[C@H]1N1C=CC(=O)CC1=O. The van der Waals surface area contributed by atoms with Crippen LogP contribution in [0.1, 0.15) is 68.2 Å². The quantitative estimate of drug-likeness (QED) is 0.0209. The van der Waals surface area contributed by atoms with Crippen molar-refractivity contribution in [2.24, 2.45) is 0 Å². The number of ether oxygens (including phenoxy) is 4. The van der Waals surface area contributed by atoms with Gasteiger partial charge in [-0.1, -0.05) is 36.4 Å². The van der Waals surface area contributed by atoms with Gasteiger partial charge in [-0.05, 0) is 91.8 Å². The third kappa shape index (κ3) is 17.1. The lowest BCUT2D eigenvalue weighted by Crippen LogP contribution is -2.51. The lowest BCUT2D eigenvalue weighted by molar-refractivity contribution is -0.152. The van der Waals surface area contributed by atoms with Gasteiger partial charge in [0.15, 0.2) is 35.4 Å². The summed E-state index contributed by atoms with van der Waals surface area (Å²) in [5.41, 5.74) is -4.66. The summed E-state index contributed by atoms with van der Waals surface area (Å²) in [6.45, 7) is 9.93. The van der Waals surface area contributed by atoms with Crippen LogP contribution in [-0.2, 0) is 61.4 Å². The molecular weight excluding hydrogens is 1180 g/mol. The van der Waals surface area contributed by atoms with Gasteiger partial charge in [-0.2, -0.15) is 19.0 Å². The van der Waals surface area contributed by atoms with E-state index in [2.05, 4.69) is 14.7 Å². The minimum atomic E-state index is -4.91. The summed E-state index contributed by atoms with van der Waals surface area (Å²) < 4.78 is 166. The van der Waals surface area contributed by atoms with Gasteiger partial charge < -0.3 is 47.8 Å². The number of aliphatic hydroxyl groups is 3. The number of hydrogen-bond acceptors (Lipinski definition) is 19. The van der Waals surface area contributed by atoms with E-state index < -0.39 is 172 Å². The van der Waals surface area contributed by atoms with Crippen molar-refractivity contribution in [3.63, 3.8) is 0 Å². The Morgan fingerprint density at radius 3 is 1.37 bits per heavy atom. The Labute approximate surface area is 476 Å². The first-order valence-electron chi connectivity index (χ1n) is 25.4. The number of carbonyl (C=O) groups excluding carboxylic acids is 6. The molecule has 4 heterocycles. The molecule has 0 bridgehead atoms. The number of amides is 2. The van der Waals surface area contributed by atoms with Gasteiger partial charge in [0.2, 0.25) is 46.6 Å². The van der Waals surface area contributed by atoms with Gasteiger partial charge in [0, 0.05) is 12.4 Å². The number of esters is 2. The molecule has 3 aromatic carbocycles. The van der Waals surface area contributed by atoms with Crippen LogP contribution < -0.4 is 23.7 Å². The number of para-hydroxylation sites is 2. The van der Waals surface area contributed by atoms with E-state index in [1.54, 1.807) is 38.1 Å². The molecule has 0 spiro atoms. The molecule has 4 aliphatic rings. The Morgan fingerprint density at radius 2 is 0.988 bits per heavy atom. The molecule has 0 saturated carbocycles. The fourth-order valence-corrected chi connectivity index (χ4v) is 10.9. The Balaban J connectivity index is 0.000000243. The second kappa shape index (κ2) is 28.5. The lowest BCUT2D eigenvalue weighted by Gasteiger charge is -2.32. The second-order valence-electron chi connectivity index (χ2n) is 19.7. The van der Waals surface area contributed by atoms with E-state index in [1.807, 2.05) is 0 Å². The van der Waals surface area contributed by atoms with Crippen molar-refractivity contribution in [2.45, 2.75) is 141 Å². The predicted octanol–water partition coefficient (Wildman–Crippen LogP) is 6.23. The Bertz CT molecular complexity index is 3010. The molecule has 3 aromatic rings. The molecule has 0 aromatic heterocycles. The Morgan fingerprint density at radius 1 is 0.619 bits per heavy atom. The van der Waals surface area contributed by atoms with Crippen molar-refractivity contribution in [1.29, 1.82) is 0 Å². The largest absolute Gasteiger partial charge is 0.513 e. The van der Waals surface area contributed by atoms with Crippen LogP contribution in [0, 0.1) is 29.1 Å². The average molecular weight is 1240 g/mol. The molecule has 0 radical (unpaired) electrons. The van der Waals surface area contributed by atoms with Crippen LogP contribution in [0.4, 0.5) is 30.7 Å². The van der Waals surface area contributed by atoms with Gasteiger partial charge in [-0.15, -0.1) is 0 Å². The highest BCUT2D eigenvalue weighted by Crippen LogP contribution is 2.49. The van der Waals surface area contributed by atoms with Crippen molar-refractivity contribution >= 4 is 50.8 Å². The summed E-state index contributed by atoms with van der Waals surface area (Å²) >= 11 is 0. The minimum Gasteiger partial charge on any atom is -0.462 e.